The van der Waals surface area contributed by atoms with Gasteiger partial charge in [-0.2, -0.15) is 0 Å². The van der Waals surface area contributed by atoms with Gasteiger partial charge in [-0.1, -0.05) is 17.7 Å². The van der Waals surface area contributed by atoms with Crippen molar-refractivity contribution in [2.24, 2.45) is 0 Å². The van der Waals surface area contributed by atoms with Crippen molar-refractivity contribution in [3.8, 4) is 0 Å². The fourth-order valence-corrected chi connectivity index (χ4v) is 2.58. The minimum atomic E-state index is -0.0995. The van der Waals surface area contributed by atoms with Gasteiger partial charge in [-0.3, -0.25) is 4.79 Å². The molecule has 1 aromatic heterocycles. The minimum absolute atomic E-state index is 0.0995. The summed E-state index contributed by atoms with van der Waals surface area (Å²) in [7, 11) is 1.76. The van der Waals surface area contributed by atoms with Gasteiger partial charge in [-0.25, -0.2) is 0 Å². The fourth-order valence-electron chi connectivity index (χ4n) is 1.64. The Kier molecular flexibility index (Phi) is 3.89. The molecule has 18 heavy (non-hydrogen) atoms. The number of nitrogen functional groups attached to an aromatic ring is 1. The van der Waals surface area contributed by atoms with Gasteiger partial charge in [0.25, 0.3) is 5.91 Å². The Morgan fingerprint density at radius 2 is 2.22 bits per heavy atom. The van der Waals surface area contributed by atoms with Gasteiger partial charge < -0.3 is 10.6 Å². The molecule has 0 spiro atoms. The van der Waals surface area contributed by atoms with Crippen molar-refractivity contribution in [1.29, 1.82) is 0 Å². The van der Waals surface area contributed by atoms with Crippen LogP contribution < -0.4 is 5.73 Å². The van der Waals surface area contributed by atoms with Gasteiger partial charge in [-0.05, 0) is 29.6 Å². The highest BCUT2D eigenvalue weighted by atomic mass is 35.5. The van der Waals surface area contributed by atoms with Gasteiger partial charge in [0.2, 0.25) is 0 Å². The Labute approximate surface area is 115 Å². The van der Waals surface area contributed by atoms with Gasteiger partial charge in [0.15, 0.2) is 0 Å². The lowest BCUT2D eigenvalue weighted by Gasteiger charge is -2.17. The van der Waals surface area contributed by atoms with Crippen LogP contribution in [-0.4, -0.2) is 17.9 Å². The Hall–Kier alpha value is -1.52. The van der Waals surface area contributed by atoms with E-state index in [1.54, 1.807) is 41.5 Å². The highest BCUT2D eigenvalue weighted by Crippen LogP contribution is 2.20. The molecule has 2 N–H and O–H groups in total. The zero-order chi connectivity index (χ0) is 13.1. The molecule has 0 aliphatic rings. The van der Waals surface area contributed by atoms with E-state index < -0.39 is 0 Å². The summed E-state index contributed by atoms with van der Waals surface area (Å²) < 4.78 is 0. The number of anilines is 1. The number of amides is 1. The zero-order valence-electron chi connectivity index (χ0n) is 9.89. The van der Waals surface area contributed by atoms with Crippen LogP contribution in [0.3, 0.4) is 0 Å². The van der Waals surface area contributed by atoms with Crippen molar-refractivity contribution >= 4 is 34.5 Å². The molecule has 0 radical (unpaired) electrons. The second-order valence-electron chi connectivity index (χ2n) is 3.97. The molecule has 1 aromatic carbocycles. The molecule has 3 nitrogen and oxygen atoms in total. The normalized spacial score (nSPS) is 10.3. The van der Waals surface area contributed by atoms with Crippen LogP contribution in [0.2, 0.25) is 5.02 Å². The molecule has 2 rings (SSSR count). The quantitative estimate of drug-likeness (QED) is 0.877. The summed E-state index contributed by atoms with van der Waals surface area (Å²) >= 11 is 7.44. The van der Waals surface area contributed by atoms with Gasteiger partial charge in [0.05, 0.1) is 12.1 Å². The number of carbonyl (C=O) groups is 1. The first-order valence-electron chi connectivity index (χ1n) is 5.41. The van der Waals surface area contributed by atoms with Crippen molar-refractivity contribution in [2.75, 3.05) is 12.8 Å². The van der Waals surface area contributed by atoms with Gasteiger partial charge in [0, 0.05) is 22.6 Å². The number of hydrogen-bond donors (Lipinski definition) is 1. The lowest BCUT2D eigenvalue weighted by Crippen LogP contribution is -2.26. The summed E-state index contributed by atoms with van der Waals surface area (Å²) in [5.41, 5.74) is 6.70. The van der Waals surface area contributed by atoms with E-state index in [0.717, 1.165) is 4.88 Å². The first-order chi connectivity index (χ1) is 8.58. The summed E-state index contributed by atoms with van der Waals surface area (Å²) in [6.45, 7) is 0.582. The third-order valence-electron chi connectivity index (χ3n) is 2.56. The molecule has 0 saturated carbocycles. The molecule has 1 heterocycles. The lowest BCUT2D eigenvalue weighted by atomic mass is 10.1. The summed E-state index contributed by atoms with van der Waals surface area (Å²) in [6, 6.07) is 8.89. The Balaban J connectivity index is 2.15. The van der Waals surface area contributed by atoms with Crippen molar-refractivity contribution in [1.82, 2.24) is 4.90 Å². The number of benzene rings is 1. The van der Waals surface area contributed by atoms with E-state index in [2.05, 4.69) is 0 Å². The van der Waals surface area contributed by atoms with E-state index >= 15 is 0 Å². The number of thiophene rings is 1. The zero-order valence-corrected chi connectivity index (χ0v) is 11.5. The molecule has 0 unspecified atom stereocenters. The summed E-state index contributed by atoms with van der Waals surface area (Å²) in [5.74, 6) is -0.0995. The summed E-state index contributed by atoms with van der Waals surface area (Å²) in [6.07, 6.45) is 0. The maximum atomic E-state index is 12.2. The minimum Gasteiger partial charge on any atom is -0.398 e. The lowest BCUT2D eigenvalue weighted by molar-refractivity contribution is 0.0787. The molecule has 94 valence electrons. The number of carbonyl (C=O) groups excluding carboxylic acids is 1. The van der Waals surface area contributed by atoms with Crippen LogP contribution in [0.25, 0.3) is 0 Å². The predicted octanol–water partition coefficient (Wildman–Crippen LogP) is 3.26. The van der Waals surface area contributed by atoms with Gasteiger partial charge in [-0.15, -0.1) is 11.3 Å². The molecule has 0 atom stereocenters. The molecule has 5 heteroatoms. The number of halogens is 1. The highest BCUT2D eigenvalue weighted by Gasteiger charge is 2.15. The van der Waals surface area contributed by atoms with Crippen LogP contribution in [0.1, 0.15) is 15.2 Å². The smallest absolute Gasteiger partial charge is 0.256 e. The Bertz CT molecular complexity index is 554. The summed E-state index contributed by atoms with van der Waals surface area (Å²) in [5, 5.41) is 2.52. The van der Waals surface area contributed by atoms with Crippen molar-refractivity contribution in [2.45, 2.75) is 6.54 Å². The van der Waals surface area contributed by atoms with Crippen LogP contribution in [-0.2, 0) is 6.54 Å². The Morgan fingerprint density at radius 1 is 1.44 bits per heavy atom. The average Bonchev–Trinajstić information content (AvgIpc) is 2.81. The number of nitrogens with two attached hydrogens (primary N) is 1. The maximum absolute atomic E-state index is 12.2. The van der Waals surface area contributed by atoms with Crippen LogP contribution in [0.5, 0.6) is 0 Å². The van der Waals surface area contributed by atoms with Crippen molar-refractivity contribution in [3.63, 3.8) is 0 Å². The van der Waals surface area contributed by atoms with E-state index in [4.69, 9.17) is 17.3 Å². The van der Waals surface area contributed by atoms with Crippen molar-refractivity contribution in [3.05, 3.63) is 51.2 Å². The molecule has 0 aliphatic carbocycles. The molecule has 0 bridgehead atoms. The standard InChI is InChI=1S/C13H13ClN2OS/c1-16(8-10-3-2-6-18-10)13(17)11-5-4-9(14)7-12(11)15/h2-7H,8,15H2,1H3. The first-order valence-corrected chi connectivity index (χ1v) is 6.66. The molecule has 2 aromatic rings. The number of rotatable bonds is 3. The first kappa shape index (κ1) is 12.9. The number of hydrogen-bond acceptors (Lipinski definition) is 3. The molecule has 0 fully saturated rings. The van der Waals surface area contributed by atoms with Crippen molar-refractivity contribution < 1.29 is 4.79 Å². The van der Waals surface area contributed by atoms with Crippen LogP contribution in [0, 0.1) is 0 Å². The van der Waals surface area contributed by atoms with E-state index in [-0.39, 0.29) is 5.91 Å². The third kappa shape index (κ3) is 2.83. The molecule has 1 amide bonds. The fraction of sp³-hybridized carbons (Fsp3) is 0.154. The largest absolute Gasteiger partial charge is 0.398 e. The summed E-state index contributed by atoms with van der Waals surface area (Å²) in [4.78, 5) is 15.0. The van der Waals surface area contributed by atoms with Crippen LogP contribution >= 0.6 is 22.9 Å². The van der Waals surface area contributed by atoms with Gasteiger partial charge >= 0.3 is 0 Å². The topological polar surface area (TPSA) is 46.3 Å². The monoisotopic (exact) mass is 280 g/mol. The SMILES string of the molecule is CN(Cc1cccs1)C(=O)c1ccc(Cl)cc1N. The molecular weight excluding hydrogens is 268 g/mol. The second-order valence-corrected chi connectivity index (χ2v) is 5.44. The molecule has 0 saturated heterocycles. The predicted molar refractivity (Wildman–Crippen MR) is 76.0 cm³/mol. The molecular formula is C13H13ClN2OS. The second kappa shape index (κ2) is 5.42. The van der Waals surface area contributed by atoms with E-state index in [1.165, 1.54) is 0 Å². The highest BCUT2D eigenvalue weighted by molar-refractivity contribution is 7.09. The third-order valence-corrected chi connectivity index (χ3v) is 3.66. The van der Waals surface area contributed by atoms with E-state index in [1.807, 2.05) is 17.5 Å². The van der Waals surface area contributed by atoms with E-state index in [9.17, 15) is 4.79 Å². The van der Waals surface area contributed by atoms with Gasteiger partial charge in [0.1, 0.15) is 0 Å². The van der Waals surface area contributed by atoms with Crippen LogP contribution in [0.15, 0.2) is 35.7 Å². The van der Waals surface area contributed by atoms with Crippen LogP contribution in [0.4, 0.5) is 5.69 Å². The number of nitrogens with zero attached hydrogens (tertiary/aromatic N) is 1. The van der Waals surface area contributed by atoms with E-state index in [0.29, 0.717) is 22.8 Å². The average molecular weight is 281 g/mol. The molecule has 0 aliphatic heterocycles. The Morgan fingerprint density at radius 3 is 2.83 bits per heavy atom. The maximum Gasteiger partial charge on any atom is 0.256 e.